The van der Waals surface area contributed by atoms with Gasteiger partial charge in [0.2, 0.25) is 0 Å². The number of hydrogen-bond donors (Lipinski definition) is 1. The lowest BCUT2D eigenvalue weighted by molar-refractivity contribution is 0.667. The third-order valence-corrected chi connectivity index (χ3v) is 4.52. The summed E-state index contributed by atoms with van der Waals surface area (Å²) in [6, 6.07) is 18.5. The Bertz CT molecular complexity index is 797. The number of hydrogen-bond acceptors (Lipinski definition) is 2. The summed E-state index contributed by atoms with van der Waals surface area (Å²) in [5, 5.41) is 5.09. The summed E-state index contributed by atoms with van der Waals surface area (Å²) in [5.74, 6) is 0.811. The van der Waals surface area contributed by atoms with Crippen molar-refractivity contribution in [1.82, 2.24) is 4.98 Å². The molecular formula is C21H23ClN2. The van der Waals surface area contributed by atoms with Crippen LogP contribution in [0.15, 0.2) is 54.6 Å². The minimum atomic E-state index is 0.679. The van der Waals surface area contributed by atoms with Crippen LogP contribution in [0.1, 0.15) is 38.2 Å². The van der Waals surface area contributed by atoms with Crippen molar-refractivity contribution in [2.45, 2.75) is 39.0 Å². The van der Waals surface area contributed by atoms with Crippen molar-refractivity contribution in [3.05, 3.63) is 65.2 Å². The predicted octanol–water partition coefficient (Wildman–Crippen LogP) is 6.75. The zero-order chi connectivity index (χ0) is 16.8. The molecule has 3 rings (SSSR count). The summed E-state index contributed by atoms with van der Waals surface area (Å²) in [4.78, 5) is 4.62. The van der Waals surface area contributed by atoms with Crippen LogP contribution in [0.2, 0.25) is 5.02 Å². The molecule has 0 bridgehead atoms. The van der Waals surface area contributed by atoms with E-state index in [9.17, 15) is 0 Å². The number of unbranched alkanes of at least 4 members (excludes halogenated alkanes) is 3. The minimum absolute atomic E-state index is 0.679. The number of pyridine rings is 1. The highest BCUT2D eigenvalue weighted by Crippen LogP contribution is 2.24. The van der Waals surface area contributed by atoms with Crippen molar-refractivity contribution in [2.24, 2.45) is 0 Å². The molecule has 0 spiro atoms. The van der Waals surface area contributed by atoms with Crippen LogP contribution in [-0.4, -0.2) is 4.98 Å². The molecule has 0 aliphatic rings. The number of nitrogens with zero attached hydrogens (tertiary/aromatic N) is 1. The zero-order valence-electron chi connectivity index (χ0n) is 14.1. The number of rotatable bonds is 7. The summed E-state index contributed by atoms with van der Waals surface area (Å²) in [6.45, 7) is 2.24. The number of fused-ring (bicyclic) bond motifs is 1. The summed E-state index contributed by atoms with van der Waals surface area (Å²) >= 11 is 6.23. The van der Waals surface area contributed by atoms with Gasteiger partial charge in [0.05, 0.1) is 10.5 Å². The van der Waals surface area contributed by atoms with E-state index in [1.165, 1.54) is 31.2 Å². The Morgan fingerprint density at radius 3 is 2.54 bits per heavy atom. The highest BCUT2D eigenvalue weighted by Gasteiger charge is 2.03. The molecule has 0 radical (unpaired) electrons. The van der Waals surface area contributed by atoms with Crippen LogP contribution in [-0.2, 0) is 6.42 Å². The summed E-state index contributed by atoms with van der Waals surface area (Å²) < 4.78 is 0. The van der Waals surface area contributed by atoms with E-state index in [2.05, 4.69) is 41.5 Å². The highest BCUT2D eigenvalue weighted by molar-refractivity contribution is 6.35. The predicted molar refractivity (Wildman–Crippen MR) is 104 cm³/mol. The maximum atomic E-state index is 6.23. The second kappa shape index (κ2) is 8.16. The van der Waals surface area contributed by atoms with Crippen LogP contribution >= 0.6 is 11.6 Å². The lowest BCUT2D eigenvalue weighted by atomic mass is 10.1. The van der Waals surface area contributed by atoms with Crippen LogP contribution in [0.25, 0.3) is 10.9 Å². The van der Waals surface area contributed by atoms with E-state index in [-0.39, 0.29) is 0 Å². The molecule has 24 heavy (non-hydrogen) atoms. The van der Waals surface area contributed by atoms with Gasteiger partial charge in [-0.1, -0.05) is 62.1 Å². The van der Waals surface area contributed by atoms with E-state index < -0.39 is 0 Å². The second-order valence-corrected chi connectivity index (χ2v) is 6.55. The molecule has 124 valence electrons. The Morgan fingerprint density at radius 1 is 0.917 bits per heavy atom. The standard InChI is InChI=1S/C21H23ClN2/c1-2-3-4-5-7-16-10-13-18(14-11-16)23-20-15-12-17-8-6-9-19(22)21(17)24-20/h6,8-15H,2-5,7H2,1H3,(H,23,24). The maximum absolute atomic E-state index is 6.23. The Balaban J connectivity index is 1.66. The third-order valence-electron chi connectivity index (χ3n) is 4.22. The van der Waals surface area contributed by atoms with Crippen molar-refractivity contribution in [1.29, 1.82) is 0 Å². The third kappa shape index (κ3) is 4.27. The lowest BCUT2D eigenvalue weighted by Crippen LogP contribution is -1.94. The lowest BCUT2D eigenvalue weighted by Gasteiger charge is -2.08. The number of anilines is 2. The monoisotopic (exact) mass is 338 g/mol. The fraction of sp³-hybridized carbons (Fsp3) is 0.286. The summed E-state index contributed by atoms with van der Waals surface area (Å²) in [7, 11) is 0. The normalized spacial score (nSPS) is 10.9. The molecule has 2 aromatic carbocycles. The number of aromatic nitrogens is 1. The van der Waals surface area contributed by atoms with Crippen molar-refractivity contribution in [3.63, 3.8) is 0 Å². The van der Waals surface area contributed by atoms with Crippen molar-refractivity contribution in [3.8, 4) is 0 Å². The first-order valence-electron chi connectivity index (χ1n) is 8.67. The topological polar surface area (TPSA) is 24.9 Å². The molecule has 0 saturated carbocycles. The number of aryl methyl sites for hydroxylation is 1. The Hall–Kier alpha value is -2.06. The van der Waals surface area contributed by atoms with E-state index in [0.717, 1.165) is 28.8 Å². The van der Waals surface area contributed by atoms with Crippen LogP contribution < -0.4 is 5.32 Å². The highest BCUT2D eigenvalue weighted by atomic mass is 35.5. The van der Waals surface area contributed by atoms with Crippen molar-refractivity contribution in [2.75, 3.05) is 5.32 Å². The molecule has 0 aliphatic carbocycles. The number of nitrogens with one attached hydrogen (secondary N) is 1. The number of halogens is 1. The van der Waals surface area contributed by atoms with Crippen LogP contribution in [0.3, 0.4) is 0 Å². The van der Waals surface area contributed by atoms with Crippen molar-refractivity contribution < 1.29 is 0 Å². The molecule has 0 unspecified atom stereocenters. The van der Waals surface area contributed by atoms with E-state index in [1.807, 2.05) is 30.3 Å². The first kappa shape index (κ1) is 16.8. The summed E-state index contributed by atoms with van der Waals surface area (Å²) in [5.41, 5.74) is 3.27. The van der Waals surface area contributed by atoms with Gasteiger partial charge in [-0.05, 0) is 48.7 Å². The second-order valence-electron chi connectivity index (χ2n) is 6.14. The smallest absolute Gasteiger partial charge is 0.131 e. The molecule has 2 nitrogen and oxygen atoms in total. The Morgan fingerprint density at radius 2 is 1.75 bits per heavy atom. The van der Waals surface area contributed by atoms with Gasteiger partial charge in [-0.2, -0.15) is 0 Å². The van der Waals surface area contributed by atoms with Gasteiger partial charge in [0.25, 0.3) is 0 Å². The van der Waals surface area contributed by atoms with Crippen LogP contribution in [0.4, 0.5) is 11.5 Å². The molecule has 0 aliphatic heterocycles. The molecule has 0 amide bonds. The first-order chi connectivity index (χ1) is 11.8. The average molecular weight is 339 g/mol. The SMILES string of the molecule is CCCCCCc1ccc(Nc2ccc3cccc(Cl)c3n2)cc1. The Kier molecular flexibility index (Phi) is 5.71. The van der Waals surface area contributed by atoms with Gasteiger partial charge < -0.3 is 5.32 Å². The molecular weight excluding hydrogens is 316 g/mol. The van der Waals surface area contributed by atoms with Gasteiger partial charge >= 0.3 is 0 Å². The molecule has 0 fully saturated rings. The minimum Gasteiger partial charge on any atom is -0.340 e. The molecule has 0 saturated heterocycles. The van der Waals surface area contributed by atoms with Gasteiger partial charge in [0, 0.05) is 11.1 Å². The fourth-order valence-electron chi connectivity index (χ4n) is 2.84. The number of para-hydroxylation sites is 1. The fourth-order valence-corrected chi connectivity index (χ4v) is 3.06. The number of benzene rings is 2. The maximum Gasteiger partial charge on any atom is 0.131 e. The molecule has 1 heterocycles. The van der Waals surface area contributed by atoms with Gasteiger partial charge in [-0.3, -0.25) is 0 Å². The quantitative estimate of drug-likeness (QED) is 0.481. The molecule has 0 atom stereocenters. The Labute approximate surface area is 148 Å². The molecule has 3 heteroatoms. The van der Waals surface area contributed by atoms with Gasteiger partial charge in [0.15, 0.2) is 0 Å². The van der Waals surface area contributed by atoms with Crippen molar-refractivity contribution >= 4 is 34.0 Å². The molecule has 1 aromatic heterocycles. The van der Waals surface area contributed by atoms with Crippen LogP contribution in [0, 0.1) is 0 Å². The van der Waals surface area contributed by atoms with E-state index in [0.29, 0.717) is 5.02 Å². The average Bonchev–Trinajstić information content (AvgIpc) is 2.61. The largest absolute Gasteiger partial charge is 0.340 e. The van der Waals surface area contributed by atoms with Crippen LogP contribution in [0.5, 0.6) is 0 Å². The molecule has 1 N–H and O–H groups in total. The van der Waals surface area contributed by atoms with E-state index >= 15 is 0 Å². The van der Waals surface area contributed by atoms with Gasteiger partial charge in [0.1, 0.15) is 5.82 Å². The van der Waals surface area contributed by atoms with Gasteiger partial charge in [-0.15, -0.1) is 0 Å². The first-order valence-corrected chi connectivity index (χ1v) is 9.05. The van der Waals surface area contributed by atoms with E-state index in [4.69, 9.17) is 11.6 Å². The molecule has 3 aromatic rings. The van der Waals surface area contributed by atoms with E-state index in [1.54, 1.807) is 0 Å². The van der Waals surface area contributed by atoms with Gasteiger partial charge in [-0.25, -0.2) is 4.98 Å². The zero-order valence-corrected chi connectivity index (χ0v) is 14.8. The summed E-state index contributed by atoms with van der Waals surface area (Å²) in [6.07, 6.45) is 6.36.